The van der Waals surface area contributed by atoms with Gasteiger partial charge in [-0.15, -0.1) is 0 Å². The Morgan fingerprint density at radius 3 is 2.69 bits per heavy atom. The van der Waals surface area contributed by atoms with Gasteiger partial charge >= 0.3 is 0 Å². The Morgan fingerprint density at radius 1 is 1.07 bits per heavy atom. The zero-order valence-corrected chi connectivity index (χ0v) is 17.1. The van der Waals surface area contributed by atoms with E-state index in [2.05, 4.69) is 4.98 Å². The van der Waals surface area contributed by atoms with Crippen molar-refractivity contribution < 1.29 is 14.3 Å². The minimum absolute atomic E-state index is 0.0186. The number of hydrogen-bond donors (Lipinski definition) is 0. The number of hydrogen-bond acceptors (Lipinski definition) is 4. The highest BCUT2D eigenvalue weighted by Gasteiger charge is 2.40. The van der Waals surface area contributed by atoms with Crippen molar-refractivity contribution in [3.63, 3.8) is 0 Å². The maximum Gasteiger partial charge on any atom is 0.255 e. The van der Waals surface area contributed by atoms with Crippen LogP contribution in [0.25, 0.3) is 0 Å². The molecule has 1 unspecified atom stereocenters. The predicted octanol–water partition coefficient (Wildman–Crippen LogP) is 3.20. The number of aromatic nitrogens is 1. The molecule has 6 heteroatoms. The van der Waals surface area contributed by atoms with Crippen molar-refractivity contribution in [1.82, 2.24) is 14.8 Å². The Bertz CT molecular complexity index is 929. The summed E-state index contributed by atoms with van der Waals surface area (Å²) in [5.74, 6) is 0.914. The molecule has 2 aromatic rings. The predicted molar refractivity (Wildman–Crippen MR) is 110 cm³/mol. The van der Waals surface area contributed by atoms with Crippen molar-refractivity contribution in [2.75, 3.05) is 19.6 Å². The van der Waals surface area contributed by atoms with Crippen LogP contribution in [-0.4, -0.2) is 51.8 Å². The third-order valence-electron chi connectivity index (χ3n) is 6.01. The maximum absolute atomic E-state index is 13.1. The van der Waals surface area contributed by atoms with E-state index in [1.807, 2.05) is 47.1 Å². The lowest BCUT2D eigenvalue weighted by molar-refractivity contribution is -0.132. The van der Waals surface area contributed by atoms with Crippen molar-refractivity contribution in [2.45, 2.75) is 45.3 Å². The number of carbonyl (C=O) groups excluding carboxylic acids is 2. The largest absolute Gasteiger partial charge is 0.485 e. The van der Waals surface area contributed by atoms with Gasteiger partial charge in [-0.25, -0.2) is 0 Å². The van der Waals surface area contributed by atoms with E-state index in [9.17, 15) is 9.59 Å². The van der Waals surface area contributed by atoms with Gasteiger partial charge in [-0.2, -0.15) is 0 Å². The van der Waals surface area contributed by atoms with Crippen LogP contribution in [0.1, 0.15) is 47.8 Å². The van der Waals surface area contributed by atoms with Crippen LogP contribution in [0.3, 0.4) is 0 Å². The molecule has 0 saturated carbocycles. The number of para-hydroxylation sites is 1. The zero-order chi connectivity index (χ0) is 20.4. The Balaban J connectivity index is 1.58. The van der Waals surface area contributed by atoms with E-state index in [0.717, 1.165) is 29.8 Å². The number of fused-ring (bicyclic) bond motifs is 1. The fraction of sp³-hybridized carbons (Fsp3) is 0.435. The van der Waals surface area contributed by atoms with Crippen molar-refractivity contribution in [1.29, 1.82) is 0 Å². The fourth-order valence-electron chi connectivity index (χ4n) is 4.34. The van der Waals surface area contributed by atoms with Crippen LogP contribution in [-0.2, 0) is 11.3 Å². The van der Waals surface area contributed by atoms with Gasteiger partial charge < -0.3 is 14.5 Å². The molecule has 2 aliphatic rings. The third kappa shape index (κ3) is 3.97. The highest BCUT2D eigenvalue weighted by molar-refractivity contribution is 5.95. The van der Waals surface area contributed by atoms with Crippen molar-refractivity contribution in [3.05, 3.63) is 59.4 Å². The average Bonchev–Trinajstić information content (AvgIpc) is 3.01. The van der Waals surface area contributed by atoms with Crippen LogP contribution in [0.15, 0.2) is 42.6 Å². The van der Waals surface area contributed by atoms with Crippen LogP contribution in [0.4, 0.5) is 0 Å². The van der Waals surface area contributed by atoms with Crippen molar-refractivity contribution in [3.8, 4) is 5.75 Å². The monoisotopic (exact) mass is 393 g/mol. The number of rotatable bonds is 1. The molecule has 1 aromatic carbocycles. The molecule has 1 aromatic heterocycles. The number of likely N-dealkylation sites (tertiary alicyclic amines) is 1. The Labute approximate surface area is 171 Å². The SMILES string of the molecule is CC(=O)N1Cc2ccccc2OC2(CCCN(C(=O)c3cccnc3C)CC2)C1. The van der Waals surface area contributed by atoms with Crippen molar-refractivity contribution in [2.24, 2.45) is 0 Å². The topological polar surface area (TPSA) is 62.7 Å². The van der Waals surface area contributed by atoms with Gasteiger partial charge in [0.1, 0.15) is 11.4 Å². The summed E-state index contributed by atoms with van der Waals surface area (Å²) in [6.45, 7) is 5.86. The molecule has 0 aliphatic carbocycles. The van der Waals surface area contributed by atoms with Crippen LogP contribution >= 0.6 is 0 Å². The molecule has 4 rings (SSSR count). The number of benzene rings is 1. The van der Waals surface area contributed by atoms with Crippen LogP contribution in [0.5, 0.6) is 5.75 Å². The van der Waals surface area contributed by atoms with Gasteiger partial charge in [0, 0.05) is 50.4 Å². The molecular formula is C23H27N3O3. The lowest BCUT2D eigenvalue weighted by Gasteiger charge is -2.35. The molecule has 1 saturated heterocycles. The lowest BCUT2D eigenvalue weighted by atomic mass is 9.93. The lowest BCUT2D eigenvalue weighted by Crippen LogP contribution is -2.47. The molecule has 0 radical (unpaired) electrons. The summed E-state index contributed by atoms with van der Waals surface area (Å²) < 4.78 is 6.56. The average molecular weight is 393 g/mol. The van der Waals surface area contributed by atoms with Crippen LogP contribution in [0, 0.1) is 6.92 Å². The standard InChI is InChI=1S/C23H27N3O3/c1-17-20(8-5-12-24-17)22(28)25-13-6-10-23(11-14-25)16-26(18(2)27)15-19-7-3-4-9-21(19)29-23/h3-5,7-9,12H,6,10-11,13-16H2,1-2H3. The molecule has 2 amide bonds. The van der Waals surface area contributed by atoms with E-state index in [1.165, 1.54) is 0 Å². The number of nitrogens with zero attached hydrogens (tertiary/aromatic N) is 3. The number of pyridine rings is 1. The second-order valence-electron chi connectivity index (χ2n) is 8.05. The van der Waals surface area contributed by atoms with E-state index < -0.39 is 5.60 Å². The van der Waals surface area contributed by atoms with Gasteiger partial charge in [-0.1, -0.05) is 18.2 Å². The molecule has 0 N–H and O–H groups in total. The molecule has 1 atom stereocenters. The first-order valence-electron chi connectivity index (χ1n) is 10.2. The van der Waals surface area contributed by atoms with E-state index in [4.69, 9.17) is 4.74 Å². The molecule has 29 heavy (non-hydrogen) atoms. The first-order valence-corrected chi connectivity index (χ1v) is 10.2. The summed E-state index contributed by atoms with van der Waals surface area (Å²) in [7, 11) is 0. The molecule has 3 heterocycles. The van der Waals surface area contributed by atoms with Crippen LogP contribution < -0.4 is 4.74 Å². The van der Waals surface area contributed by atoms with Gasteiger partial charge in [-0.05, 0) is 38.0 Å². The summed E-state index contributed by atoms with van der Waals surface area (Å²) in [6.07, 6.45) is 4.03. The fourth-order valence-corrected chi connectivity index (χ4v) is 4.34. The summed E-state index contributed by atoms with van der Waals surface area (Å²) in [6, 6.07) is 11.6. The molecule has 1 spiro atoms. The molecule has 1 fully saturated rings. The highest BCUT2D eigenvalue weighted by Crippen LogP contribution is 2.35. The van der Waals surface area contributed by atoms with Crippen LogP contribution in [0.2, 0.25) is 0 Å². The summed E-state index contributed by atoms with van der Waals surface area (Å²) in [4.78, 5) is 33.4. The second kappa shape index (κ2) is 7.85. The van der Waals surface area contributed by atoms with Gasteiger partial charge in [0.25, 0.3) is 5.91 Å². The minimum atomic E-state index is -0.475. The Morgan fingerprint density at radius 2 is 1.90 bits per heavy atom. The van der Waals surface area contributed by atoms with E-state index in [0.29, 0.717) is 38.2 Å². The van der Waals surface area contributed by atoms with Crippen molar-refractivity contribution >= 4 is 11.8 Å². The molecule has 152 valence electrons. The van der Waals surface area contributed by atoms with Gasteiger partial charge in [0.2, 0.25) is 5.91 Å². The van der Waals surface area contributed by atoms with E-state index >= 15 is 0 Å². The number of amides is 2. The quantitative estimate of drug-likeness (QED) is 0.746. The Hall–Kier alpha value is -2.89. The first-order chi connectivity index (χ1) is 14.0. The molecule has 6 nitrogen and oxygen atoms in total. The molecule has 2 aliphatic heterocycles. The van der Waals surface area contributed by atoms with Gasteiger partial charge in [-0.3, -0.25) is 14.6 Å². The summed E-state index contributed by atoms with van der Waals surface area (Å²) in [5.41, 5.74) is 1.96. The van der Waals surface area contributed by atoms with Gasteiger partial charge in [0.05, 0.1) is 12.1 Å². The number of carbonyl (C=O) groups is 2. The molecular weight excluding hydrogens is 366 g/mol. The molecule has 0 bridgehead atoms. The Kier molecular flexibility index (Phi) is 5.26. The first kappa shape index (κ1) is 19.4. The summed E-state index contributed by atoms with van der Waals surface area (Å²) >= 11 is 0. The number of ether oxygens (including phenoxy) is 1. The zero-order valence-electron chi connectivity index (χ0n) is 17.1. The smallest absolute Gasteiger partial charge is 0.255 e. The minimum Gasteiger partial charge on any atom is -0.485 e. The van der Waals surface area contributed by atoms with Gasteiger partial charge in [0.15, 0.2) is 0 Å². The maximum atomic E-state index is 13.1. The second-order valence-corrected chi connectivity index (χ2v) is 8.05. The summed E-state index contributed by atoms with van der Waals surface area (Å²) in [5, 5.41) is 0. The van der Waals surface area contributed by atoms with E-state index in [1.54, 1.807) is 19.2 Å². The normalized spacial score (nSPS) is 21.7. The highest BCUT2D eigenvalue weighted by atomic mass is 16.5. The number of aryl methyl sites for hydroxylation is 1. The third-order valence-corrected chi connectivity index (χ3v) is 6.01. The van der Waals surface area contributed by atoms with E-state index in [-0.39, 0.29) is 11.8 Å².